The lowest BCUT2D eigenvalue weighted by Crippen LogP contribution is -2.03. The molecule has 0 saturated heterocycles. The average molecular weight is 308 g/mol. The third-order valence-electron chi connectivity index (χ3n) is 4.04. The number of hydrogen-bond donors (Lipinski definition) is 0. The second-order valence-corrected chi connectivity index (χ2v) is 5.65. The molecule has 0 fully saturated rings. The van der Waals surface area contributed by atoms with E-state index < -0.39 is 0 Å². The predicted octanol–water partition coefficient (Wildman–Crippen LogP) is 4.16. The molecule has 0 saturated carbocycles. The number of ether oxygens (including phenoxy) is 2. The minimum absolute atomic E-state index is 0.242. The molecule has 1 aliphatic rings. The number of esters is 1. The van der Waals surface area contributed by atoms with Crippen molar-refractivity contribution in [3.05, 3.63) is 70.8 Å². The lowest BCUT2D eigenvalue weighted by atomic mass is 10.0. The van der Waals surface area contributed by atoms with Crippen molar-refractivity contribution < 1.29 is 14.3 Å². The van der Waals surface area contributed by atoms with E-state index >= 15 is 0 Å². The Morgan fingerprint density at radius 1 is 1.09 bits per heavy atom. The van der Waals surface area contributed by atoms with E-state index in [0.29, 0.717) is 6.61 Å². The molecule has 0 aliphatic heterocycles. The third-order valence-corrected chi connectivity index (χ3v) is 4.04. The first-order valence-corrected chi connectivity index (χ1v) is 7.85. The van der Waals surface area contributed by atoms with Crippen LogP contribution < -0.4 is 4.74 Å². The summed E-state index contributed by atoms with van der Waals surface area (Å²) in [5.74, 6) is 0.573. The summed E-state index contributed by atoms with van der Waals surface area (Å²) in [6, 6.07) is 16.2. The van der Waals surface area contributed by atoms with Crippen molar-refractivity contribution in [1.29, 1.82) is 0 Å². The van der Waals surface area contributed by atoms with Gasteiger partial charge in [0.25, 0.3) is 0 Å². The molecular weight excluding hydrogens is 288 g/mol. The van der Waals surface area contributed by atoms with Crippen LogP contribution in [-0.2, 0) is 22.6 Å². The van der Waals surface area contributed by atoms with Gasteiger partial charge in [0, 0.05) is 5.57 Å². The second kappa shape index (κ2) is 7.14. The van der Waals surface area contributed by atoms with Crippen molar-refractivity contribution >= 4 is 12.0 Å². The van der Waals surface area contributed by atoms with E-state index in [0.717, 1.165) is 41.7 Å². The molecule has 3 heteroatoms. The summed E-state index contributed by atoms with van der Waals surface area (Å²) < 4.78 is 10.7. The Kier molecular flexibility index (Phi) is 4.77. The Balaban J connectivity index is 1.80. The van der Waals surface area contributed by atoms with Gasteiger partial charge in [-0.3, -0.25) is 0 Å². The second-order valence-electron chi connectivity index (χ2n) is 5.65. The van der Waals surface area contributed by atoms with E-state index in [-0.39, 0.29) is 5.97 Å². The summed E-state index contributed by atoms with van der Waals surface area (Å²) >= 11 is 0. The normalized spacial score (nSPS) is 13.5. The highest BCUT2D eigenvalue weighted by atomic mass is 16.5. The quantitative estimate of drug-likeness (QED) is 0.796. The fourth-order valence-corrected chi connectivity index (χ4v) is 2.79. The number of hydrogen-bond acceptors (Lipinski definition) is 3. The monoisotopic (exact) mass is 308 g/mol. The summed E-state index contributed by atoms with van der Waals surface area (Å²) in [6.07, 6.45) is 4.61. The predicted molar refractivity (Wildman–Crippen MR) is 90.1 cm³/mol. The lowest BCUT2D eigenvalue weighted by molar-refractivity contribution is -0.136. The van der Waals surface area contributed by atoms with Crippen LogP contribution in [0.5, 0.6) is 5.75 Å². The summed E-state index contributed by atoms with van der Waals surface area (Å²) in [5, 5.41) is 0. The van der Waals surface area contributed by atoms with E-state index in [9.17, 15) is 4.79 Å². The minimum Gasteiger partial charge on any atom is -0.489 e. The van der Waals surface area contributed by atoms with Gasteiger partial charge in [0.1, 0.15) is 12.4 Å². The van der Waals surface area contributed by atoms with Crippen LogP contribution in [0.25, 0.3) is 6.08 Å². The minimum atomic E-state index is -0.242. The standard InChI is InChI=1S/C20H20O3/c1-22-20(21)17-9-5-8-16-10-11-19(13-18(16)12-17)23-14-15-6-3-2-4-7-15/h2-4,6-7,10-13H,5,8-9,14H2,1H3. The number of carbonyl (C=O) groups is 1. The van der Waals surface area contributed by atoms with E-state index in [4.69, 9.17) is 9.47 Å². The van der Waals surface area contributed by atoms with Crippen LogP contribution in [0.4, 0.5) is 0 Å². The highest BCUT2D eigenvalue weighted by Gasteiger charge is 2.15. The molecule has 0 N–H and O–H groups in total. The van der Waals surface area contributed by atoms with Crippen molar-refractivity contribution in [1.82, 2.24) is 0 Å². The van der Waals surface area contributed by atoms with Gasteiger partial charge in [-0.05, 0) is 54.2 Å². The number of aryl methyl sites for hydroxylation is 1. The molecule has 0 amide bonds. The van der Waals surface area contributed by atoms with Gasteiger partial charge in [-0.1, -0.05) is 36.4 Å². The van der Waals surface area contributed by atoms with Gasteiger partial charge < -0.3 is 9.47 Å². The Hall–Kier alpha value is -2.55. The SMILES string of the molecule is COC(=O)C1=Cc2cc(OCc3ccccc3)ccc2CCC1. The highest BCUT2D eigenvalue weighted by Crippen LogP contribution is 2.27. The summed E-state index contributed by atoms with van der Waals surface area (Å²) in [7, 11) is 1.42. The molecule has 2 aromatic carbocycles. The number of carbonyl (C=O) groups excluding carboxylic acids is 1. The Labute approximate surface area is 136 Å². The summed E-state index contributed by atoms with van der Waals surface area (Å²) in [4.78, 5) is 11.8. The molecule has 1 aliphatic carbocycles. The molecule has 118 valence electrons. The third kappa shape index (κ3) is 3.81. The van der Waals surface area contributed by atoms with E-state index in [1.165, 1.54) is 12.7 Å². The Morgan fingerprint density at radius 2 is 1.91 bits per heavy atom. The van der Waals surface area contributed by atoms with Gasteiger partial charge in [-0.2, -0.15) is 0 Å². The number of fused-ring (bicyclic) bond motifs is 1. The largest absolute Gasteiger partial charge is 0.489 e. The maximum atomic E-state index is 11.8. The highest BCUT2D eigenvalue weighted by molar-refractivity contribution is 5.94. The van der Waals surface area contributed by atoms with E-state index in [2.05, 4.69) is 6.07 Å². The van der Waals surface area contributed by atoms with Crippen molar-refractivity contribution in [3.63, 3.8) is 0 Å². The van der Waals surface area contributed by atoms with E-state index in [1.54, 1.807) is 0 Å². The molecule has 0 heterocycles. The Morgan fingerprint density at radius 3 is 2.70 bits per heavy atom. The Bertz CT molecular complexity index is 717. The van der Waals surface area contributed by atoms with Gasteiger partial charge >= 0.3 is 5.97 Å². The van der Waals surface area contributed by atoms with Crippen LogP contribution in [0.3, 0.4) is 0 Å². The topological polar surface area (TPSA) is 35.5 Å². The molecule has 0 bridgehead atoms. The number of benzene rings is 2. The van der Waals surface area contributed by atoms with Gasteiger partial charge in [0.2, 0.25) is 0 Å². The maximum absolute atomic E-state index is 11.8. The molecule has 0 atom stereocenters. The van der Waals surface area contributed by atoms with Crippen LogP contribution in [0.15, 0.2) is 54.1 Å². The molecule has 2 aromatic rings. The van der Waals surface area contributed by atoms with Crippen LogP contribution in [0.1, 0.15) is 29.5 Å². The first-order valence-electron chi connectivity index (χ1n) is 7.85. The molecule has 0 unspecified atom stereocenters. The lowest BCUT2D eigenvalue weighted by Gasteiger charge is -2.10. The van der Waals surface area contributed by atoms with Gasteiger partial charge in [0.05, 0.1) is 7.11 Å². The zero-order valence-electron chi connectivity index (χ0n) is 13.2. The molecule has 3 rings (SSSR count). The molecule has 0 spiro atoms. The van der Waals surface area contributed by atoms with Crippen molar-refractivity contribution in [2.75, 3.05) is 7.11 Å². The maximum Gasteiger partial charge on any atom is 0.333 e. The van der Waals surface area contributed by atoms with Gasteiger partial charge in [-0.25, -0.2) is 4.79 Å². The molecule has 0 radical (unpaired) electrons. The molecule has 23 heavy (non-hydrogen) atoms. The first kappa shape index (κ1) is 15.3. The summed E-state index contributed by atoms with van der Waals surface area (Å²) in [6.45, 7) is 0.535. The average Bonchev–Trinajstić information content (AvgIpc) is 2.82. The van der Waals surface area contributed by atoms with Crippen LogP contribution >= 0.6 is 0 Å². The summed E-state index contributed by atoms with van der Waals surface area (Å²) in [5.41, 5.74) is 4.16. The number of rotatable bonds is 4. The fraction of sp³-hybridized carbons (Fsp3) is 0.250. The van der Waals surface area contributed by atoms with Crippen LogP contribution in [0.2, 0.25) is 0 Å². The van der Waals surface area contributed by atoms with Crippen LogP contribution in [0, 0.1) is 0 Å². The molecule has 0 aromatic heterocycles. The van der Waals surface area contributed by atoms with E-state index in [1.807, 2.05) is 48.5 Å². The van der Waals surface area contributed by atoms with Gasteiger partial charge in [0.15, 0.2) is 0 Å². The van der Waals surface area contributed by atoms with Crippen molar-refractivity contribution in [2.24, 2.45) is 0 Å². The van der Waals surface area contributed by atoms with Gasteiger partial charge in [-0.15, -0.1) is 0 Å². The fourth-order valence-electron chi connectivity index (χ4n) is 2.79. The smallest absolute Gasteiger partial charge is 0.333 e. The van der Waals surface area contributed by atoms with Crippen molar-refractivity contribution in [2.45, 2.75) is 25.9 Å². The van der Waals surface area contributed by atoms with Crippen LogP contribution in [-0.4, -0.2) is 13.1 Å². The number of methoxy groups -OCH3 is 1. The van der Waals surface area contributed by atoms with Crippen molar-refractivity contribution in [3.8, 4) is 5.75 Å². The first-order chi connectivity index (χ1) is 11.3. The zero-order chi connectivity index (χ0) is 16.1. The zero-order valence-corrected chi connectivity index (χ0v) is 13.2. The molecule has 3 nitrogen and oxygen atoms in total. The molecular formula is C20H20O3.